The van der Waals surface area contributed by atoms with Gasteiger partial charge in [-0.1, -0.05) is 0 Å². The number of rotatable bonds is 1. The van der Waals surface area contributed by atoms with Crippen LogP contribution in [0, 0.1) is 11.8 Å². The normalized spacial score (nSPS) is 35.3. The Hall–Kier alpha value is -0.0800. The van der Waals surface area contributed by atoms with Crippen molar-refractivity contribution in [2.45, 2.75) is 71.5 Å². The fraction of sp³-hybridized carbons (Fsp3) is 1.00. The Balaban J connectivity index is 1.88. The van der Waals surface area contributed by atoms with Crippen LogP contribution in [-0.4, -0.2) is 35.1 Å². The second-order valence-electron chi connectivity index (χ2n) is 8.16. The van der Waals surface area contributed by atoms with Crippen molar-refractivity contribution >= 4 is 0 Å². The summed E-state index contributed by atoms with van der Waals surface area (Å²) in [5.74, 6) is 1.88. The molecule has 2 nitrogen and oxygen atoms in total. The summed E-state index contributed by atoms with van der Waals surface area (Å²) in [7, 11) is 0. The highest BCUT2D eigenvalue weighted by Gasteiger charge is 2.43. The van der Waals surface area contributed by atoms with Gasteiger partial charge in [0, 0.05) is 30.2 Å². The van der Waals surface area contributed by atoms with Crippen molar-refractivity contribution in [3.05, 3.63) is 0 Å². The van der Waals surface area contributed by atoms with Crippen LogP contribution in [0.1, 0.15) is 54.4 Å². The zero-order valence-electron chi connectivity index (χ0n) is 12.5. The van der Waals surface area contributed by atoms with E-state index in [2.05, 4.69) is 51.8 Å². The van der Waals surface area contributed by atoms with E-state index in [0.29, 0.717) is 5.54 Å². The summed E-state index contributed by atoms with van der Waals surface area (Å²) in [4.78, 5) is 2.68. The van der Waals surface area contributed by atoms with Crippen LogP contribution < -0.4 is 5.32 Å². The fourth-order valence-electron chi connectivity index (χ4n) is 3.58. The first-order valence-corrected chi connectivity index (χ1v) is 7.18. The van der Waals surface area contributed by atoms with Gasteiger partial charge >= 0.3 is 0 Å². The third-order valence-electron chi connectivity index (χ3n) is 4.34. The Bertz CT molecular complexity index is 258. The Morgan fingerprint density at radius 1 is 0.882 bits per heavy atom. The Kier molecular flexibility index (Phi) is 3.33. The van der Waals surface area contributed by atoms with Crippen molar-refractivity contribution in [3.63, 3.8) is 0 Å². The summed E-state index contributed by atoms with van der Waals surface area (Å²) >= 11 is 0. The average Bonchev–Trinajstić information content (AvgIpc) is 2.55. The molecular weight excluding hydrogens is 208 g/mol. The van der Waals surface area contributed by atoms with E-state index < -0.39 is 0 Å². The van der Waals surface area contributed by atoms with E-state index in [1.54, 1.807) is 0 Å². The summed E-state index contributed by atoms with van der Waals surface area (Å²) in [6, 6.07) is 0.757. The molecule has 0 spiro atoms. The molecule has 0 aromatic carbocycles. The maximum absolute atomic E-state index is 3.78. The summed E-state index contributed by atoms with van der Waals surface area (Å²) < 4.78 is 0. The van der Waals surface area contributed by atoms with Crippen LogP contribution in [0.2, 0.25) is 0 Å². The smallest absolute Gasteiger partial charge is 0.0125 e. The zero-order chi connectivity index (χ0) is 12.8. The molecule has 0 aromatic rings. The van der Waals surface area contributed by atoms with Crippen molar-refractivity contribution in [3.8, 4) is 0 Å². The van der Waals surface area contributed by atoms with Crippen molar-refractivity contribution in [2.75, 3.05) is 13.1 Å². The van der Waals surface area contributed by atoms with Crippen molar-refractivity contribution in [1.82, 2.24) is 10.2 Å². The third-order valence-corrected chi connectivity index (χ3v) is 4.34. The van der Waals surface area contributed by atoms with Gasteiger partial charge in [-0.2, -0.15) is 0 Å². The predicted octanol–water partition coefficient (Wildman–Crippen LogP) is 2.88. The molecule has 0 bridgehead atoms. The summed E-state index contributed by atoms with van der Waals surface area (Å²) in [5.41, 5.74) is 0.629. The van der Waals surface area contributed by atoms with Crippen molar-refractivity contribution in [1.29, 1.82) is 0 Å². The molecule has 1 aliphatic heterocycles. The quantitative estimate of drug-likeness (QED) is 0.755. The molecule has 0 aromatic heterocycles. The standard InChI is InChI=1S/C15H30N2/c1-14(2,3)16-13-7-11-9-17(15(4,5)6)10-12(11)8-13/h11-13,16H,7-10H2,1-6H3. The highest BCUT2D eigenvalue weighted by atomic mass is 15.2. The molecule has 2 unspecified atom stereocenters. The van der Waals surface area contributed by atoms with Crippen molar-refractivity contribution < 1.29 is 0 Å². The van der Waals surface area contributed by atoms with Gasteiger partial charge in [0.2, 0.25) is 0 Å². The van der Waals surface area contributed by atoms with Crippen LogP contribution in [0.4, 0.5) is 0 Å². The van der Waals surface area contributed by atoms with E-state index in [0.717, 1.165) is 17.9 Å². The largest absolute Gasteiger partial charge is 0.309 e. The lowest BCUT2D eigenvalue weighted by atomic mass is 10.0. The first-order valence-electron chi connectivity index (χ1n) is 7.18. The Labute approximate surface area is 107 Å². The second-order valence-corrected chi connectivity index (χ2v) is 8.16. The molecule has 2 rings (SSSR count). The Morgan fingerprint density at radius 2 is 1.35 bits per heavy atom. The maximum Gasteiger partial charge on any atom is 0.0125 e. The van der Waals surface area contributed by atoms with Gasteiger partial charge in [-0.3, -0.25) is 4.90 Å². The van der Waals surface area contributed by atoms with Gasteiger partial charge in [0.1, 0.15) is 0 Å². The number of fused-ring (bicyclic) bond motifs is 1. The molecule has 100 valence electrons. The minimum Gasteiger partial charge on any atom is -0.309 e. The van der Waals surface area contributed by atoms with Gasteiger partial charge < -0.3 is 5.32 Å². The van der Waals surface area contributed by atoms with Crippen LogP contribution in [-0.2, 0) is 0 Å². The van der Waals surface area contributed by atoms with E-state index in [9.17, 15) is 0 Å². The van der Waals surface area contributed by atoms with Crippen LogP contribution in [0.25, 0.3) is 0 Å². The topological polar surface area (TPSA) is 15.3 Å². The molecule has 1 N–H and O–H groups in total. The van der Waals surface area contributed by atoms with E-state index >= 15 is 0 Å². The SMILES string of the molecule is CC(C)(C)NC1CC2CN(C(C)(C)C)CC2C1. The second kappa shape index (κ2) is 4.24. The fourth-order valence-corrected chi connectivity index (χ4v) is 3.58. The minimum atomic E-state index is 0.271. The van der Waals surface area contributed by atoms with Gasteiger partial charge in [-0.05, 0) is 66.2 Å². The number of hydrogen-bond donors (Lipinski definition) is 1. The molecule has 2 atom stereocenters. The van der Waals surface area contributed by atoms with E-state index in [-0.39, 0.29) is 5.54 Å². The monoisotopic (exact) mass is 238 g/mol. The van der Waals surface area contributed by atoms with Crippen molar-refractivity contribution in [2.24, 2.45) is 11.8 Å². The van der Waals surface area contributed by atoms with Crippen LogP contribution >= 0.6 is 0 Å². The molecular formula is C15H30N2. The number of nitrogens with one attached hydrogen (secondary N) is 1. The lowest BCUT2D eigenvalue weighted by Gasteiger charge is -2.33. The summed E-state index contributed by atoms with van der Waals surface area (Å²) in [6.45, 7) is 16.5. The molecule has 0 radical (unpaired) electrons. The number of nitrogens with zero attached hydrogens (tertiary/aromatic N) is 1. The molecule has 2 heteroatoms. The molecule has 2 fully saturated rings. The van der Waals surface area contributed by atoms with Gasteiger partial charge in [-0.15, -0.1) is 0 Å². The van der Waals surface area contributed by atoms with Gasteiger partial charge in [0.05, 0.1) is 0 Å². The molecule has 2 aliphatic rings. The molecule has 1 aliphatic carbocycles. The molecule has 1 heterocycles. The number of likely N-dealkylation sites (tertiary alicyclic amines) is 1. The third kappa shape index (κ3) is 3.23. The minimum absolute atomic E-state index is 0.271. The maximum atomic E-state index is 3.78. The van der Waals surface area contributed by atoms with Crippen LogP contribution in [0.3, 0.4) is 0 Å². The van der Waals surface area contributed by atoms with Gasteiger partial charge in [0.15, 0.2) is 0 Å². The summed E-state index contributed by atoms with van der Waals surface area (Å²) in [6.07, 6.45) is 2.77. The first kappa shape index (κ1) is 13.4. The van der Waals surface area contributed by atoms with Gasteiger partial charge in [-0.25, -0.2) is 0 Å². The molecule has 1 saturated carbocycles. The zero-order valence-corrected chi connectivity index (χ0v) is 12.5. The lowest BCUT2D eigenvalue weighted by molar-refractivity contribution is 0.157. The first-order chi connectivity index (χ1) is 7.65. The summed E-state index contributed by atoms with van der Waals surface area (Å²) in [5, 5.41) is 3.78. The van der Waals surface area contributed by atoms with Crippen LogP contribution in [0.15, 0.2) is 0 Å². The highest BCUT2D eigenvalue weighted by molar-refractivity contribution is 4.99. The van der Waals surface area contributed by atoms with E-state index in [1.807, 2.05) is 0 Å². The van der Waals surface area contributed by atoms with Crippen LogP contribution in [0.5, 0.6) is 0 Å². The average molecular weight is 238 g/mol. The molecule has 0 amide bonds. The highest BCUT2D eigenvalue weighted by Crippen LogP contribution is 2.40. The molecule has 17 heavy (non-hydrogen) atoms. The number of hydrogen-bond acceptors (Lipinski definition) is 2. The molecule has 1 saturated heterocycles. The van der Waals surface area contributed by atoms with E-state index in [1.165, 1.54) is 25.9 Å². The lowest BCUT2D eigenvalue weighted by Crippen LogP contribution is -2.44. The van der Waals surface area contributed by atoms with Gasteiger partial charge in [0.25, 0.3) is 0 Å². The van der Waals surface area contributed by atoms with E-state index in [4.69, 9.17) is 0 Å². The predicted molar refractivity (Wildman–Crippen MR) is 74.2 cm³/mol. The Morgan fingerprint density at radius 3 is 1.71 bits per heavy atom.